The van der Waals surface area contributed by atoms with Crippen LogP contribution in [0, 0.1) is 5.41 Å². The molecule has 4 N–H and O–H groups in total. The van der Waals surface area contributed by atoms with Crippen molar-refractivity contribution in [2.24, 2.45) is 5.41 Å². The largest absolute Gasteiger partial charge is 0.351 e. The highest BCUT2D eigenvalue weighted by atomic mass is 32.1. The molecule has 3 heterocycles. The van der Waals surface area contributed by atoms with Gasteiger partial charge in [0.25, 0.3) is 5.91 Å². The summed E-state index contributed by atoms with van der Waals surface area (Å²) >= 11 is 1.32. The number of nitrogens with one attached hydrogen (secondary N) is 4. The van der Waals surface area contributed by atoms with Crippen LogP contribution in [0.3, 0.4) is 0 Å². The number of fused-ring (bicyclic) bond motifs is 2. The summed E-state index contributed by atoms with van der Waals surface area (Å²) in [5.41, 5.74) is 0.748. The number of carbonyl (C=O) groups excluding carboxylic acids is 4. The van der Waals surface area contributed by atoms with Crippen molar-refractivity contribution in [3.05, 3.63) is 70.7 Å². The molecular weight excluding hydrogens is 554 g/mol. The van der Waals surface area contributed by atoms with Gasteiger partial charge in [-0.05, 0) is 50.5 Å². The molecule has 1 fully saturated rings. The molecule has 5 rings (SSSR count). The van der Waals surface area contributed by atoms with Crippen LogP contribution < -0.4 is 21.3 Å². The molecule has 1 aliphatic carbocycles. The molecule has 0 spiro atoms. The molecule has 0 unspecified atom stereocenters. The van der Waals surface area contributed by atoms with Crippen LogP contribution in [-0.4, -0.2) is 56.8 Å². The van der Waals surface area contributed by atoms with Gasteiger partial charge in [-0.15, -0.1) is 11.3 Å². The summed E-state index contributed by atoms with van der Waals surface area (Å²) in [6, 6.07) is 7.63. The van der Waals surface area contributed by atoms with Crippen LogP contribution in [0.4, 0.5) is 0 Å². The Morgan fingerprint density at radius 2 is 1.88 bits per heavy atom. The molecule has 3 aromatic rings. The lowest BCUT2D eigenvalue weighted by Gasteiger charge is -2.26. The molecule has 3 atom stereocenters. The Morgan fingerprint density at radius 3 is 2.60 bits per heavy atom. The van der Waals surface area contributed by atoms with Crippen molar-refractivity contribution in [3.63, 3.8) is 0 Å². The monoisotopic (exact) mass is 591 g/mol. The third-order valence-electron chi connectivity index (χ3n) is 7.90. The van der Waals surface area contributed by atoms with E-state index in [1.54, 1.807) is 17.9 Å². The number of carbonyl (C=O) groups is 4. The number of amides is 4. The molecule has 1 aliphatic heterocycles. The molecule has 2 aromatic heterocycles. The van der Waals surface area contributed by atoms with Crippen LogP contribution in [0.25, 0.3) is 0 Å². The number of imidazole rings is 1. The third-order valence-corrected chi connectivity index (χ3v) is 8.86. The van der Waals surface area contributed by atoms with Crippen LogP contribution in [-0.2, 0) is 27.3 Å². The van der Waals surface area contributed by atoms with Gasteiger partial charge in [0.15, 0.2) is 0 Å². The molecule has 42 heavy (non-hydrogen) atoms. The average Bonchev–Trinajstić information content (AvgIpc) is 3.33. The minimum Gasteiger partial charge on any atom is -0.351 e. The molecule has 11 nitrogen and oxygen atoms in total. The summed E-state index contributed by atoms with van der Waals surface area (Å²) in [6.07, 6.45) is 9.09. The Kier molecular flexibility index (Phi) is 9.31. The van der Waals surface area contributed by atoms with Gasteiger partial charge in [-0.3, -0.25) is 19.2 Å². The van der Waals surface area contributed by atoms with Gasteiger partial charge in [0.05, 0.1) is 17.8 Å². The first kappa shape index (κ1) is 29.4. The number of benzene rings is 1. The summed E-state index contributed by atoms with van der Waals surface area (Å²) in [5, 5.41) is 14.2. The van der Waals surface area contributed by atoms with E-state index in [1.165, 1.54) is 11.3 Å². The standard InChI is InChI=1S/C30H37N7O4S/c1-2-21-26(39)34-23(16-20-8-4-3-5-9-20)28-35-24(17-42-28)25(38)32-13-7-6-10-22(27(40)33-21)36-29(41)30(11-12-30)18-37-15-14-31-19-37/h3-5,8-9,14-15,17,19,21-23H,2,6-7,10-13,16,18H2,1H3,(H,32,38)(H,33,40)(H,34,39)(H,36,41)/t21-,22+,23+/m1/s1. The van der Waals surface area contributed by atoms with Crippen molar-refractivity contribution in [1.82, 2.24) is 35.8 Å². The second kappa shape index (κ2) is 13.3. The summed E-state index contributed by atoms with van der Waals surface area (Å²) in [5.74, 6) is -1.18. The zero-order valence-corrected chi connectivity index (χ0v) is 24.5. The quantitative estimate of drug-likeness (QED) is 0.332. The van der Waals surface area contributed by atoms with Crippen LogP contribution in [0.1, 0.15) is 72.6 Å². The summed E-state index contributed by atoms with van der Waals surface area (Å²) in [4.78, 5) is 61.9. The van der Waals surface area contributed by atoms with Gasteiger partial charge in [-0.25, -0.2) is 9.97 Å². The summed E-state index contributed by atoms with van der Waals surface area (Å²) in [6.45, 7) is 2.75. The van der Waals surface area contributed by atoms with Crippen molar-refractivity contribution in [3.8, 4) is 0 Å². The van der Waals surface area contributed by atoms with Crippen LogP contribution in [0.2, 0.25) is 0 Å². The summed E-state index contributed by atoms with van der Waals surface area (Å²) < 4.78 is 1.88. The Morgan fingerprint density at radius 1 is 1.10 bits per heavy atom. The van der Waals surface area contributed by atoms with E-state index in [1.807, 2.05) is 48.0 Å². The Hall–Kier alpha value is -4.06. The minimum atomic E-state index is -0.804. The molecule has 222 valence electrons. The van der Waals surface area contributed by atoms with E-state index in [4.69, 9.17) is 0 Å². The highest BCUT2D eigenvalue weighted by Crippen LogP contribution is 2.47. The zero-order valence-electron chi connectivity index (χ0n) is 23.7. The fourth-order valence-electron chi connectivity index (χ4n) is 5.18. The normalized spacial score (nSPS) is 22.9. The molecule has 4 amide bonds. The molecule has 1 aromatic carbocycles. The number of nitrogens with zero attached hydrogens (tertiary/aromatic N) is 3. The first-order valence-electron chi connectivity index (χ1n) is 14.5. The fourth-order valence-corrected chi connectivity index (χ4v) is 6.03. The number of aromatic nitrogens is 3. The maximum atomic E-state index is 13.5. The maximum Gasteiger partial charge on any atom is 0.270 e. The molecule has 2 bridgehead atoms. The SMILES string of the molecule is CC[C@H]1NC(=O)[C@@H](NC(=O)C2(Cn3ccnc3)CC2)CCCCNC(=O)c2csc(n2)[C@H](Cc2ccccc2)NC1=O. The van der Waals surface area contributed by atoms with E-state index < -0.39 is 29.4 Å². The predicted octanol–water partition coefficient (Wildman–Crippen LogP) is 2.51. The van der Waals surface area contributed by atoms with Gasteiger partial charge in [0.1, 0.15) is 22.8 Å². The number of hydrogen-bond acceptors (Lipinski definition) is 7. The van der Waals surface area contributed by atoms with Gasteiger partial charge in [-0.2, -0.15) is 0 Å². The Bertz CT molecular complexity index is 1390. The van der Waals surface area contributed by atoms with Gasteiger partial charge < -0.3 is 25.8 Å². The molecule has 0 saturated heterocycles. The average molecular weight is 592 g/mol. The van der Waals surface area contributed by atoms with Crippen molar-refractivity contribution >= 4 is 35.0 Å². The molecule has 2 aliphatic rings. The third kappa shape index (κ3) is 7.22. The molecule has 0 radical (unpaired) electrons. The van der Waals surface area contributed by atoms with Gasteiger partial charge >= 0.3 is 0 Å². The van der Waals surface area contributed by atoms with Gasteiger partial charge in [-0.1, -0.05) is 37.3 Å². The lowest BCUT2D eigenvalue weighted by Crippen LogP contribution is -2.55. The lowest BCUT2D eigenvalue weighted by atomic mass is 10.0. The van der Waals surface area contributed by atoms with E-state index in [0.29, 0.717) is 55.9 Å². The number of hydrogen-bond donors (Lipinski definition) is 4. The summed E-state index contributed by atoms with van der Waals surface area (Å²) in [7, 11) is 0. The van der Waals surface area contributed by atoms with E-state index in [0.717, 1.165) is 18.4 Å². The fraction of sp³-hybridized carbons (Fsp3) is 0.467. The van der Waals surface area contributed by atoms with E-state index >= 15 is 0 Å². The van der Waals surface area contributed by atoms with E-state index in [2.05, 4.69) is 31.2 Å². The first-order chi connectivity index (χ1) is 20.4. The smallest absolute Gasteiger partial charge is 0.270 e. The van der Waals surface area contributed by atoms with E-state index in [-0.39, 0.29) is 17.7 Å². The lowest BCUT2D eigenvalue weighted by molar-refractivity contribution is -0.134. The molecule has 1 saturated carbocycles. The minimum absolute atomic E-state index is 0.168. The van der Waals surface area contributed by atoms with Crippen molar-refractivity contribution in [2.45, 2.75) is 76.5 Å². The molecule has 12 heteroatoms. The highest BCUT2D eigenvalue weighted by molar-refractivity contribution is 7.09. The van der Waals surface area contributed by atoms with Crippen LogP contribution in [0.15, 0.2) is 54.4 Å². The van der Waals surface area contributed by atoms with Crippen molar-refractivity contribution < 1.29 is 19.2 Å². The number of thiazole rings is 1. The molecular formula is C30H37N7O4S. The van der Waals surface area contributed by atoms with Gasteiger partial charge in [0.2, 0.25) is 17.7 Å². The first-order valence-corrected chi connectivity index (χ1v) is 15.4. The predicted molar refractivity (Wildman–Crippen MR) is 157 cm³/mol. The van der Waals surface area contributed by atoms with Crippen molar-refractivity contribution in [2.75, 3.05) is 6.54 Å². The number of rotatable bonds is 7. The topological polar surface area (TPSA) is 147 Å². The van der Waals surface area contributed by atoms with Crippen molar-refractivity contribution in [1.29, 1.82) is 0 Å². The Balaban J connectivity index is 1.34. The highest BCUT2D eigenvalue weighted by Gasteiger charge is 2.50. The second-order valence-corrected chi connectivity index (χ2v) is 12.0. The van der Waals surface area contributed by atoms with Gasteiger partial charge in [0, 0.05) is 30.9 Å². The Labute approximate surface area is 248 Å². The van der Waals surface area contributed by atoms with Crippen LogP contribution in [0.5, 0.6) is 0 Å². The second-order valence-electron chi connectivity index (χ2n) is 11.1. The zero-order chi connectivity index (χ0) is 29.5. The van der Waals surface area contributed by atoms with Crippen LogP contribution >= 0.6 is 11.3 Å². The van der Waals surface area contributed by atoms with E-state index in [9.17, 15) is 19.2 Å². The maximum absolute atomic E-state index is 13.5.